The van der Waals surface area contributed by atoms with Gasteiger partial charge in [-0.05, 0) is 12.1 Å². The maximum Gasteiger partial charge on any atom is 0.360 e. The molecule has 0 N–H and O–H groups in total. The zero-order chi connectivity index (χ0) is 10.7. The number of aromatic nitrogens is 2. The molecule has 0 atom stereocenters. The van der Waals surface area contributed by atoms with Gasteiger partial charge in [0, 0.05) is 6.20 Å². The zero-order valence-corrected chi connectivity index (χ0v) is 8.01. The van der Waals surface area contributed by atoms with Gasteiger partial charge in [0.15, 0.2) is 5.69 Å². The van der Waals surface area contributed by atoms with Crippen LogP contribution in [0, 0.1) is 0 Å². The highest BCUT2D eigenvalue weighted by Crippen LogP contribution is 2.15. The van der Waals surface area contributed by atoms with Crippen molar-refractivity contribution in [2.45, 2.75) is 0 Å². The molecular formula is C10H8N2O3. The van der Waals surface area contributed by atoms with E-state index in [0.717, 1.165) is 0 Å². The molecule has 2 aromatic heterocycles. The maximum atomic E-state index is 11.1. The van der Waals surface area contributed by atoms with E-state index in [4.69, 9.17) is 4.42 Å². The standard InChI is InChI=1S/C10H8N2O3/c1-14-10(13)8-6-15-9(12-8)7-4-2-3-5-11-7/h2-6H,1H3. The quantitative estimate of drug-likeness (QED) is 0.694. The van der Waals surface area contributed by atoms with Crippen LogP contribution in [0.3, 0.4) is 0 Å². The van der Waals surface area contributed by atoms with Gasteiger partial charge < -0.3 is 9.15 Å². The van der Waals surface area contributed by atoms with Crippen LogP contribution < -0.4 is 0 Å². The zero-order valence-electron chi connectivity index (χ0n) is 8.01. The Kier molecular flexibility index (Phi) is 2.45. The number of carbonyl (C=O) groups excluding carboxylic acids is 1. The Morgan fingerprint density at radius 1 is 1.47 bits per heavy atom. The summed E-state index contributed by atoms with van der Waals surface area (Å²) >= 11 is 0. The second kappa shape index (κ2) is 3.91. The summed E-state index contributed by atoms with van der Waals surface area (Å²) in [4.78, 5) is 19.1. The molecule has 0 amide bonds. The van der Waals surface area contributed by atoms with E-state index in [-0.39, 0.29) is 5.69 Å². The van der Waals surface area contributed by atoms with Gasteiger partial charge in [-0.1, -0.05) is 6.07 Å². The molecular weight excluding hydrogens is 196 g/mol. The van der Waals surface area contributed by atoms with Crippen molar-refractivity contribution in [2.75, 3.05) is 7.11 Å². The van der Waals surface area contributed by atoms with Crippen molar-refractivity contribution >= 4 is 5.97 Å². The van der Waals surface area contributed by atoms with Crippen LogP contribution in [-0.4, -0.2) is 23.0 Å². The van der Waals surface area contributed by atoms with Gasteiger partial charge in [-0.2, -0.15) is 0 Å². The molecule has 0 saturated carbocycles. The molecule has 0 radical (unpaired) electrons. The van der Waals surface area contributed by atoms with Crippen LogP contribution in [0.15, 0.2) is 35.1 Å². The van der Waals surface area contributed by atoms with Gasteiger partial charge >= 0.3 is 5.97 Å². The Morgan fingerprint density at radius 3 is 3.00 bits per heavy atom. The first kappa shape index (κ1) is 9.39. The molecule has 0 aromatic carbocycles. The van der Waals surface area contributed by atoms with E-state index >= 15 is 0 Å². The third-order valence-corrected chi connectivity index (χ3v) is 1.78. The van der Waals surface area contributed by atoms with Crippen LogP contribution >= 0.6 is 0 Å². The third kappa shape index (κ3) is 1.85. The molecule has 0 aliphatic rings. The number of oxazole rings is 1. The molecule has 5 heteroatoms. The van der Waals surface area contributed by atoms with E-state index in [9.17, 15) is 4.79 Å². The summed E-state index contributed by atoms with van der Waals surface area (Å²) in [5, 5.41) is 0. The number of esters is 1. The maximum absolute atomic E-state index is 11.1. The number of rotatable bonds is 2. The average molecular weight is 204 g/mol. The van der Waals surface area contributed by atoms with Gasteiger partial charge in [0.1, 0.15) is 12.0 Å². The molecule has 0 bridgehead atoms. The predicted octanol–water partition coefficient (Wildman–Crippen LogP) is 1.52. The third-order valence-electron chi connectivity index (χ3n) is 1.78. The van der Waals surface area contributed by atoms with Crippen molar-refractivity contribution in [3.8, 4) is 11.6 Å². The van der Waals surface area contributed by atoms with Crippen molar-refractivity contribution < 1.29 is 13.9 Å². The summed E-state index contributed by atoms with van der Waals surface area (Å²) in [5.74, 6) is -0.225. The summed E-state index contributed by atoms with van der Waals surface area (Å²) < 4.78 is 9.60. The lowest BCUT2D eigenvalue weighted by Crippen LogP contribution is -2.01. The van der Waals surface area contributed by atoms with E-state index in [2.05, 4.69) is 14.7 Å². The Labute approximate surface area is 85.7 Å². The number of nitrogens with zero attached hydrogens (tertiary/aromatic N) is 2. The summed E-state index contributed by atoms with van der Waals surface area (Å²) in [5.41, 5.74) is 0.714. The van der Waals surface area contributed by atoms with Crippen molar-refractivity contribution in [1.82, 2.24) is 9.97 Å². The minimum Gasteiger partial charge on any atom is -0.464 e. The highest BCUT2D eigenvalue weighted by Gasteiger charge is 2.13. The topological polar surface area (TPSA) is 65.2 Å². The summed E-state index contributed by atoms with van der Waals surface area (Å²) in [6.45, 7) is 0. The van der Waals surface area contributed by atoms with Gasteiger partial charge in [-0.3, -0.25) is 4.98 Å². The molecule has 0 fully saturated rings. The monoisotopic (exact) mass is 204 g/mol. The van der Waals surface area contributed by atoms with Crippen LogP contribution in [0.2, 0.25) is 0 Å². The fourth-order valence-electron chi connectivity index (χ4n) is 1.08. The lowest BCUT2D eigenvalue weighted by molar-refractivity contribution is 0.0594. The first-order chi connectivity index (χ1) is 7.31. The van der Waals surface area contributed by atoms with Gasteiger partial charge in [0.2, 0.25) is 5.89 Å². The second-order valence-electron chi connectivity index (χ2n) is 2.74. The number of methoxy groups -OCH3 is 1. The van der Waals surface area contributed by atoms with E-state index in [0.29, 0.717) is 11.6 Å². The molecule has 0 saturated heterocycles. The van der Waals surface area contributed by atoms with E-state index in [1.54, 1.807) is 18.3 Å². The van der Waals surface area contributed by atoms with Crippen LogP contribution in [0.5, 0.6) is 0 Å². The van der Waals surface area contributed by atoms with Gasteiger partial charge in [-0.25, -0.2) is 9.78 Å². The van der Waals surface area contributed by atoms with Crippen LogP contribution in [0.4, 0.5) is 0 Å². The molecule has 2 aromatic rings. The summed E-state index contributed by atoms with van der Waals surface area (Å²) in [6, 6.07) is 5.34. The Balaban J connectivity index is 2.32. The highest BCUT2D eigenvalue weighted by molar-refractivity contribution is 5.87. The second-order valence-corrected chi connectivity index (χ2v) is 2.74. The minimum absolute atomic E-state index is 0.137. The molecule has 2 heterocycles. The Morgan fingerprint density at radius 2 is 2.33 bits per heavy atom. The Bertz CT molecular complexity index is 465. The van der Waals surface area contributed by atoms with Crippen molar-refractivity contribution in [3.05, 3.63) is 36.4 Å². The number of hydrogen-bond acceptors (Lipinski definition) is 5. The number of pyridine rings is 1. The predicted molar refractivity (Wildman–Crippen MR) is 51.1 cm³/mol. The molecule has 76 valence electrons. The fourth-order valence-corrected chi connectivity index (χ4v) is 1.08. The fraction of sp³-hybridized carbons (Fsp3) is 0.100. The molecule has 15 heavy (non-hydrogen) atoms. The smallest absolute Gasteiger partial charge is 0.360 e. The molecule has 0 aliphatic carbocycles. The van der Waals surface area contributed by atoms with Crippen molar-refractivity contribution in [3.63, 3.8) is 0 Å². The van der Waals surface area contributed by atoms with Gasteiger partial charge in [0.25, 0.3) is 0 Å². The molecule has 0 spiro atoms. The van der Waals surface area contributed by atoms with Crippen molar-refractivity contribution in [2.24, 2.45) is 0 Å². The average Bonchev–Trinajstić information content (AvgIpc) is 2.78. The van der Waals surface area contributed by atoms with Gasteiger partial charge in [0.05, 0.1) is 7.11 Å². The van der Waals surface area contributed by atoms with Crippen LogP contribution in [0.25, 0.3) is 11.6 Å². The summed E-state index contributed by atoms with van der Waals surface area (Å²) in [7, 11) is 1.29. The molecule has 5 nitrogen and oxygen atoms in total. The molecule has 0 aliphatic heterocycles. The number of hydrogen-bond donors (Lipinski definition) is 0. The lowest BCUT2D eigenvalue weighted by atomic mass is 10.3. The number of ether oxygens (including phenoxy) is 1. The SMILES string of the molecule is COC(=O)c1coc(-c2ccccn2)n1. The molecule has 0 unspecified atom stereocenters. The normalized spacial score (nSPS) is 9.93. The largest absolute Gasteiger partial charge is 0.464 e. The first-order valence-electron chi connectivity index (χ1n) is 4.26. The van der Waals surface area contributed by atoms with E-state index in [1.807, 2.05) is 6.07 Å². The lowest BCUT2D eigenvalue weighted by Gasteiger charge is -1.91. The molecule has 2 rings (SSSR count). The minimum atomic E-state index is -0.527. The first-order valence-corrected chi connectivity index (χ1v) is 4.26. The number of carbonyl (C=O) groups is 1. The van der Waals surface area contributed by atoms with Crippen LogP contribution in [0.1, 0.15) is 10.5 Å². The Hall–Kier alpha value is -2.17. The van der Waals surface area contributed by atoms with Crippen LogP contribution in [-0.2, 0) is 4.74 Å². The van der Waals surface area contributed by atoms with E-state index < -0.39 is 5.97 Å². The van der Waals surface area contributed by atoms with E-state index in [1.165, 1.54) is 13.4 Å². The summed E-state index contributed by atoms with van der Waals surface area (Å²) in [6.07, 6.45) is 2.87. The highest BCUT2D eigenvalue weighted by atomic mass is 16.5. The van der Waals surface area contributed by atoms with Gasteiger partial charge in [-0.15, -0.1) is 0 Å². The van der Waals surface area contributed by atoms with Crippen molar-refractivity contribution in [1.29, 1.82) is 0 Å².